The zero-order valence-corrected chi connectivity index (χ0v) is 11.8. The predicted octanol–water partition coefficient (Wildman–Crippen LogP) is -5.58. The van der Waals surface area contributed by atoms with Gasteiger partial charge in [0.15, 0.2) is 0 Å². The third-order valence-electron chi connectivity index (χ3n) is 0.831. The average Bonchev–Trinajstić information content (AvgIpc) is 1.73. The van der Waals surface area contributed by atoms with Crippen molar-refractivity contribution >= 4 is 36.9 Å². The Morgan fingerprint density at radius 2 is 1.20 bits per heavy atom. The lowest BCUT2D eigenvalue weighted by atomic mass is 11.9. The first kappa shape index (κ1) is 15.5. The summed E-state index contributed by atoms with van der Waals surface area (Å²) in [5, 5.41) is 0. The van der Waals surface area contributed by atoms with E-state index in [9.17, 15) is 4.80 Å². The third kappa shape index (κ3) is 8.29. The Morgan fingerprint density at radius 3 is 1.40 bits per heavy atom. The molecule has 0 rings (SSSR count). The van der Waals surface area contributed by atoms with Crippen LogP contribution in [0.15, 0.2) is 0 Å². The second-order valence-corrected chi connectivity index (χ2v) is 9.37. The van der Waals surface area contributed by atoms with Crippen LogP contribution in [0.3, 0.4) is 0 Å². The monoisotopic (exact) mass is 296 g/mol. The fourth-order valence-electron chi connectivity index (χ4n) is 0.587. The minimum atomic E-state index is -4.83. The maximum Gasteiger partial charge on any atom is 0.654 e. The molecular weight excluding hydrogens is 284 g/mol. The maximum absolute atomic E-state index is 9.30. The minimum Gasteiger partial charge on any atom is -0.393 e. The van der Waals surface area contributed by atoms with E-state index in [0.29, 0.717) is 0 Å². The second kappa shape index (κ2) is 5.69. The molecule has 0 saturated heterocycles. The molecule has 0 aliphatic heterocycles. The highest BCUT2D eigenvalue weighted by Crippen LogP contribution is 2.11. The van der Waals surface area contributed by atoms with Gasteiger partial charge in [0.2, 0.25) is 0 Å². The lowest BCUT2D eigenvalue weighted by molar-refractivity contribution is 0.0647. The fraction of sp³-hybridized carbons (Fsp3) is 1.00. The number of hydrogen-bond acceptors (Lipinski definition) is 10. The van der Waals surface area contributed by atoms with E-state index >= 15 is 0 Å². The van der Waals surface area contributed by atoms with Crippen molar-refractivity contribution in [3.63, 3.8) is 0 Å². The van der Waals surface area contributed by atoms with Crippen LogP contribution in [-0.4, -0.2) is 70.5 Å². The van der Waals surface area contributed by atoms with Gasteiger partial charge in [0, 0.05) is 6.55 Å². The van der Waals surface area contributed by atoms with Gasteiger partial charge in [0.05, 0.1) is 0 Å². The first-order valence-corrected chi connectivity index (χ1v) is 10.5. The van der Waals surface area contributed by atoms with Crippen LogP contribution in [-0.2, 0) is 12.3 Å². The zero-order chi connectivity index (χ0) is 12.3. The standard InChI is InChI=1S/CH12O10Si4/c1-14(6,7)11-15(8,9-12(2)3)10-13(4)5/h2-8,12-13H,1H3. The zero-order valence-electron chi connectivity index (χ0n) is 7.51. The highest BCUT2D eigenvalue weighted by molar-refractivity contribution is 6.74. The molecule has 15 heavy (non-hydrogen) atoms. The van der Waals surface area contributed by atoms with Crippen LogP contribution in [0.2, 0.25) is 6.55 Å². The molecule has 0 amide bonds. The molecule has 0 aromatic carbocycles. The molecule has 0 atom stereocenters. The SMILES string of the molecule is C[Si](O)(O)O[Si](O)(O[SiH](O)O)O[SiH](O)O. The number of rotatable bonds is 6. The van der Waals surface area contributed by atoms with Gasteiger partial charge in [0.25, 0.3) is 0 Å². The molecule has 0 aromatic rings. The Balaban J connectivity index is 4.54. The molecule has 0 unspecified atom stereocenters. The van der Waals surface area contributed by atoms with Crippen molar-refractivity contribution in [2.45, 2.75) is 6.55 Å². The third-order valence-corrected chi connectivity index (χ3v) is 7.48. The van der Waals surface area contributed by atoms with E-state index in [1.165, 1.54) is 0 Å². The summed E-state index contributed by atoms with van der Waals surface area (Å²) in [7, 11) is -16.7. The van der Waals surface area contributed by atoms with Crippen molar-refractivity contribution in [2.24, 2.45) is 0 Å². The van der Waals surface area contributed by atoms with Crippen LogP contribution in [0, 0.1) is 0 Å². The van der Waals surface area contributed by atoms with E-state index in [0.717, 1.165) is 6.55 Å². The van der Waals surface area contributed by atoms with E-state index in [-0.39, 0.29) is 0 Å². The van der Waals surface area contributed by atoms with Crippen molar-refractivity contribution in [3.05, 3.63) is 0 Å². The molecule has 7 N–H and O–H groups in total. The summed E-state index contributed by atoms with van der Waals surface area (Å²) < 4.78 is 12.3. The van der Waals surface area contributed by atoms with Gasteiger partial charge in [-0.25, -0.2) is 0 Å². The van der Waals surface area contributed by atoms with Crippen molar-refractivity contribution in [1.29, 1.82) is 0 Å². The van der Waals surface area contributed by atoms with Crippen molar-refractivity contribution in [2.75, 3.05) is 0 Å². The summed E-state index contributed by atoms with van der Waals surface area (Å²) in [5.74, 6) is 0. The average molecular weight is 296 g/mol. The normalized spacial score (nSPS) is 14.0. The smallest absolute Gasteiger partial charge is 0.393 e. The summed E-state index contributed by atoms with van der Waals surface area (Å²) in [6, 6.07) is 0. The molecular formula is CH12O10Si4. The molecule has 0 aromatic heterocycles. The van der Waals surface area contributed by atoms with Crippen LogP contribution < -0.4 is 0 Å². The largest absolute Gasteiger partial charge is 0.654 e. The van der Waals surface area contributed by atoms with E-state index in [2.05, 4.69) is 12.3 Å². The summed E-state index contributed by atoms with van der Waals surface area (Å²) in [5.41, 5.74) is 0. The molecule has 0 aliphatic carbocycles. The van der Waals surface area contributed by atoms with Gasteiger partial charge in [-0.05, 0) is 0 Å². The Kier molecular flexibility index (Phi) is 5.87. The number of hydrogen-bond donors (Lipinski definition) is 7. The van der Waals surface area contributed by atoms with E-state index in [4.69, 9.17) is 28.8 Å². The Bertz CT molecular complexity index is 176. The van der Waals surface area contributed by atoms with Crippen LogP contribution in [0.1, 0.15) is 0 Å². The molecule has 10 nitrogen and oxygen atoms in total. The molecule has 0 saturated carbocycles. The van der Waals surface area contributed by atoms with Crippen LogP contribution in [0.4, 0.5) is 0 Å². The first-order chi connectivity index (χ1) is 6.54. The van der Waals surface area contributed by atoms with Gasteiger partial charge in [-0.15, -0.1) is 0 Å². The summed E-state index contributed by atoms with van der Waals surface area (Å²) in [6.07, 6.45) is 0. The van der Waals surface area contributed by atoms with Crippen molar-refractivity contribution in [3.8, 4) is 0 Å². The molecule has 0 aliphatic rings. The Labute approximate surface area is 90.0 Å². The van der Waals surface area contributed by atoms with E-state index < -0.39 is 36.9 Å². The quantitative estimate of drug-likeness (QED) is 0.234. The van der Waals surface area contributed by atoms with E-state index in [1.807, 2.05) is 0 Å². The fourth-order valence-corrected chi connectivity index (χ4v) is 6.65. The van der Waals surface area contributed by atoms with Gasteiger partial charge in [-0.3, -0.25) is 0 Å². The maximum atomic E-state index is 9.30. The summed E-state index contributed by atoms with van der Waals surface area (Å²) in [6.45, 7) is 0.814. The highest BCUT2D eigenvalue weighted by atomic mass is 28.5. The summed E-state index contributed by atoms with van der Waals surface area (Å²) in [4.78, 5) is 61.0. The predicted molar refractivity (Wildman–Crippen MR) is 50.5 cm³/mol. The topological polar surface area (TPSA) is 169 Å². The molecule has 0 bridgehead atoms. The van der Waals surface area contributed by atoms with Gasteiger partial charge < -0.3 is 45.9 Å². The highest BCUT2D eigenvalue weighted by Gasteiger charge is 2.51. The van der Waals surface area contributed by atoms with Gasteiger partial charge >= 0.3 is 36.9 Å². The Morgan fingerprint density at radius 1 is 0.867 bits per heavy atom. The summed E-state index contributed by atoms with van der Waals surface area (Å²) >= 11 is 0. The van der Waals surface area contributed by atoms with Crippen LogP contribution in [0.25, 0.3) is 0 Å². The molecule has 14 heteroatoms. The van der Waals surface area contributed by atoms with Gasteiger partial charge in [-0.1, -0.05) is 0 Å². The van der Waals surface area contributed by atoms with Crippen LogP contribution in [0.5, 0.6) is 0 Å². The lowest BCUT2D eigenvalue weighted by Gasteiger charge is -2.27. The molecule has 0 radical (unpaired) electrons. The molecule has 0 fully saturated rings. The Hall–Kier alpha value is 0.468. The molecule has 0 spiro atoms. The second-order valence-electron chi connectivity index (χ2n) is 2.45. The van der Waals surface area contributed by atoms with Gasteiger partial charge in [-0.2, -0.15) is 0 Å². The van der Waals surface area contributed by atoms with E-state index in [1.54, 1.807) is 0 Å². The molecule has 0 heterocycles. The minimum absolute atomic E-state index is 0.814. The van der Waals surface area contributed by atoms with Crippen LogP contribution >= 0.6 is 0 Å². The van der Waals surface area contributed by atoms with Crippen molar-refractivity contribution < 1.29 is 45.9 Å². The van der Waals surface area contributed by atoms with Crippen molar-refractivity contribution in [1.82, 2.24) is 0 Å². The lowest BCUT2D eigenvalue weighted by Crippen LogP contribution is -2.59. The molecule has 92 valence electrons. The van der Waals surface area contributed by atoms with Gasteiger partial charge in [0.1, 0.15) is 0 Å². The first-order valence-electron chi connectivity index (χ1n) is 3.49.